The molecule has 1 aliphatic rings. The second kappa shape index (κ2) is 3.88. The van der Waals surface area contributed by atoms with E-state index in [-0.39, 0.29) is 5.56 Å². The van der Waals surface area contributed by atoms with Crippen LogP contribution in [-0.4, -0.2) is 12.6 Å². The Kier molecular flexibility index (Phi) is 2.58. The molecule has 2 N–H and O–H groups in total. The van der Waals surface area contributed by atoms with Gasteiger partial charge in [-0.3, -0.25) is 0 Å². The molecule has 3 nitrogen and oxygen atoms in total. The number of esters is 1. The molecule has 0 radical (unpaired) electrons. The van der Waals surface area contributed by atoms with Crippen LogP contribution in [-0.2, 0) is 4.74 Å². The fourth-order valence-corrected chi connectivity index (χ4v) is 1.26. The molecular weight excluding hydrogens is 197 g/mol. The van der Waals surface area contributed by atoms with Crippen molar-refractivity contribution in [3.8, 4) is 0 Å². The maximum absolute atomic E-state index is 13.2. The Morgan fingerprint density at radius 1 is 1.53 bits per heavy atom. The standard InChI is InChI=1S/C11H12FNO2/c12-10-4-3-8(13)5-9(10)11(14)15-6-7-1-2-7/h3-5,7H,1-2,6,13H2. The van der Waals surface area contributed by atoms with Crippen LogP contribution in [0, 0.1) is 11.7 Å². The number of benzene rings is 1. The van der Waals surface area contributed by atoms with Crippen molar-refractivity contribution >= 4 is 11.7 Å². The van der Waals surface area contributed by atoms with Crippen LogP contribution >= 0.6 is 0 Å². The molecule has 15 heavy (non-hydrogen) atoms. The average Bonchev–Trinajstić information content (AvgIpc) is 3.02. The maximum atomic E-state index is 13.2. The van der Waals surface area contributed by atoms with Crippen LogP contribution in [0.15, 0.2) is 18.2 Å². The first kappa shape index (κ1) is 9.96. The summed E-state index contributed by atoms with van der Waals surface area (Å²) in [6.45, 7) is 0.382. The van der Waals surface area contributed by atoms with E-state index in [1.807, 2.05) is 0 Å². The van der Waals surface area contributed by atoms with Gasteiger partial charge < -0.3 is 10.5 Å². The van der Waals surface area contributed by atoms with E-state index in [2.05, 4.69) is 0 Å². The summed E-state index contributed by atoms with van der Waals surface area (Å²) in [6.07, 6.45) is 2.18. The lowest BCUT2D eigenvalue weighted by Gasteiger charge is -2.05. The molecule has 1 aromatic rings. The van der Waals surface area contributed by atoms with Crippen molar-refractivity contribution in [3.63, 3.8) is 0 Å². The smallest absolute Gasteiger partial charge is 0.341 e. The highest BCUT2D eigenvalue weighted by atomic mass is 19.1. The molecule has 0 spiro atoms. The first-order valence-corrected chi connectivity index (χ1v) is 4.89. The molecule has 1 fully saturated rings. The van der Waals surface area contributed by atoms with Gasteiger partial charge in [0, 0.05) is 5.69 Å². The van der Waals surface area contributed by atoms with E-state index >= 15 is 0 Å². The lowest BCUT2D eigenvalue weighted by molar-refractivity contribution is 0.0481. The number of carbonyl (C=O) groups is 1. The molecule has 2 rings (SSSR count). The second-order valence-electron chi connectivity index (χ2n) is 3.78. The number of halogens is 1. The summed E-state index contributed by atoms with van der Waals surface area (Å²) in [6, 6.07) is 3.88. The van der Waals surface area contributed by atoms with Crippen LogP contribution in [0.1, 0.15) is 23.2 Å². The molecule has 0 amide bonds. The number of nitrogen functional groups attached to an aromatic ring is 1. The average molecular weight is 209 g/mol. The number of hydrogen-bond acceptors (Lipinski definition) is 3. The van der Waals surface area contributed by atoms with Crippen molar-refractivity contribution in [2.45, 2.75) is 12.8 Å². The zero-order chi connectivity index (χ0) is 10.8. The number of anilines is 1. The first-order chi connectivity index (χ1) is 7.16. The molecule has 4 heteroatoms. The first-order valence-electron chi connectivity index (χ1n) is 4.89. The van der Waals surface area contributed by atoms with E-state index in [9.17, 15) is 9.18 Å². The summed E-state index contributed by atoms with van der Waals surface area (Å²) in [7, 11) is 0. The molecule has 1 aromatic carbocycles. The van der Waals surface area contributed by atoms with Gasteiger partial charge in [0.1, 0.15) is 5.82 Å². The van der Waals surface area contributed by atoms with Gasteiger partial charge in [0.05, 0.1) is 12.2 Å². The normalized spacial score (nSPS) is 15.0. The Hall–Kier alpha value is -1.58. The minimum atomic E-state index is -0.633. The van der Waals surface area contributed by atoms with E-state index in [4.69, 9.17) is 10.5 Å². The zero-order valence-corrected chi connectivity index (χ0v) is 8.20. The highest BCUT2D eigenvalue weighted by Gasteiger charge is 2.24. The van der Waals surface area contributed by atoms with E-state index in [0.29, 0.717) is 18.2 Å². The number of hydrogen-bond donors (Lipinski definition) is 1. The Bertz CT molecular complexity index is 388. The Balaban J connectivity index is 2.05. The van der Waals surface area contributed by atoms with Gasteiger partial charge in [-0.15, -0.1) is 0 Å². The van der Waals surface area contributed by atoms with Crippen LogP contribution in [0.3, 0.4) is 0 Å². The zero-order valence-electron chi connectivity index (χ0n) is 8.20. The van der Waals surface area contributed by atoms with Crippen LogP contribution in [0.4, 0.5) is 10.1 Å². The van der Waals surface area contributed by atoms with Crippen molar-refractivity contribution in [1.29, 1.82) is 0 Å². The van der Waals surface area contributed by atoms with Crippen molar-refractivity contribution in [2.75, 3.05) is 12.3 Å². The quantitative estimate of drug-likeness (QED) is 0.611. The van der Waals surface area contributed by atoms with Crippen molar-refractivity contribution in [3.05, 3.63) is 29.6 Å². The van der Waals surface area contributed by atoms with Gasteiger partial charge in [-0.2, -0.15) is 0 Å². The van der Waals surface area contributed by atoms with Crippen LogP contribution < -0.4 is 5.73 Å². The summed E-state index contributed by atoms with van der Waals surface area (Å²) >= 11 is 0. The lowest BCUT2D eigenvalue weighted by Crippen LogP contribution is -2.10. The molecule has 80 valence electrons. The molecule has 0 heterocycles. The van der Waals surface area contributed by atoms with E-state index in [1.165, 1.54) is 18.2 Å². The largest absolute Gasteiger partial charge is 0.462 e. The lowest BCUT2D eigenvalue weighted by atomic mass is 10.2. The van der Waals surface area contributed by atoms with Crippen molar-refractivity contribution in [1.82, 2.24) is 0 Å². The van der Waals surface area contributed by atoms with E-state index < -0.39 is 11.8 Å². The number of ether oxygens (including phenoxy) is 1. The van der Waals surface area contributed by atoms with Crippen LogP contribution in [0.25, 0.3) is 0 Å². The molecule has 0 atom stereocenters. The fraction of sp³-hybridized carbons (Fsp3) is 0.364. The highest BCUT2D eigenvalue weighted by Crippen LogP contribution is 2.29. The predicted molar refractivity (Wildman–Crippen MR) is 53.8 cm³/mol. The third kappa shape index (κ3) is 2.46. The van der Waals surface area contributed by atoms with Gasteiger partial charge in [-0.1, -0.05) is 0 Å². The molecule has 1 aliphatic carbocycles. The van der Waals surface area contributed by atoms with Crippen molar-refractivity contribution < 1.29 is 13.9 Å². The maximum Gasteiger partial charge on any atom is 0.341 e. The van der Waals surface area contributed by atoms with Crippen molar-refractivity contribution in [2.24, 2.45) is 5.92 Å². The Morgan fingerprint density at radius 2 is 2.27 bits per heavy atom. The molecular formula is C11H12FNO2. The SMILES string of the molecule is Nc1ccc(F)c(C(=O)OCC2CC2)c1. The van der Waals surface area contributed by atoms with Crippen LogP contribution in [0.2, 0.25) is 0 Å². The Morgan fingerprint density at radius 3 is 2.93 bits per heavy atom. The minimum Gasteiger partial charge on any atom is -0.462 e. The van der Waals surface area contributed by atoms with Gasteiger partial charge >= 0.3 is 5.97 Å². The summed E-state index contributed by atoms with van der Waals surface area (Å²) in [5, 5.41) is 0. The molecule has 0 bridgehead atoms. The van der Waals surface area contributed by atoms with E-state index in [0.717, 1.165) is 12.8 Å². The minimum absolute atomic E-state index is 0.0874. The predicted octanol–water partition coefficient (Wildman–Crippen LogP) is 1.97. The fourth-order valence-electron chi connectivity index (χ4n) is 1.26. The molecule has 0 saturated heterocycles. The summed E-state index contributed by atoms with van der Waals surface area (Å²) < 4.78 is 18.2. The summed E-state index contributed by atoms with van der Waals surface area (Å²) in [4.78, 5) is 11.4. The van der Waals surface area contributed by atoms with Gasteiger partial charge in [-0.05, 0) is 37.0 Å². The van der Waals surface area contributed by atoms with Gasteiger partial charge in [0.25, 0.3) is 0 Å². The van der Waals surface area contributed by atoms with Crippen LogP contribution in [0.5, 0.6) is 0 Å². The molecule has 0 aliphatic heterocycles. The third-order valence-electron chi connectivity index (χ3n) is 2.36. The number of carbonyl (C=O) groups excluding carboxylic acids is 1. The summed E-state index contributed by atoms with van der Waals surface area (Å²) in [5.74, 6) is -0.755. The monoisotopic (exact) mass is 209 g/mol. The van der Waals surface area contributed by atoms with Gasteiger partial charge in [0.2, 0.25) is 0 Å². The third-order valence-corrected chi connectivity index (χ3v) is 2.36. The second-order valence-corrected chi connectivity index (χ2v) is 3.78. The number of nitrogens with two attached hydrogens (primary N) is 1. The number of rotatable bonds is 3. The molecule has 1 saturated carbocycles. The Labute approximate surface area is 87.0 Å². The molecule has 0 aromatic heterocycles. The van der Waals surface area contributed by atoms with Gasteiger partial charge in [-0.25, -0.2) is 9.18 Å². The highest BCUT2D eigenvalue weighted by molar-refractivity contribution is 5.90. The topological polar surface area (TPSA) is 52.3 Å². The van der Waals surface area contributed by atoms with Gasteiger partial charge in [0.15, 0.2) is 0 Å². The molecule has 0 unspecified atom stereocenters. The summed E-state index contributed by atoms with van der Waals surface area (Å²) in [5.41, 5.74) is 5.73. The van der Waals surface area contributed by atoms with E-state index in [1.54, 1.807) is 0 Å².